The topological polar surface area (TPSA) is 104 Å². The first-order valence-electron chi connectivity index (χ1n) is 9.08. The van der Waals surface area contributed by atoms with E-state index in [0.29, 0.717) is 23.5 Å². The number of benzene rings is 1. The summed E-state index contributed by atoms with van der Waals surface area (Å²) >= 11 is 0. The molecule has 0 radical (unpaired) electrons. The molecular formula is C21H20N4O3. The molecule has 0 saturated carbocycles. The molecule has 7 heteroatoms. The number of carbonyl (C=O) groups excluding carboxylic acids is 1. The summed E-state index contributed by atoms with van der Waals surface area (Å²) in [5.74, 6) is -1.06. The summed E-state index contributed by atoms with van der Waals surface area (Å²) in [5, 5.41) is 21.4. The minimum Gasteiger partial charge on any atom is -0.503 e. The van der Waals surface area contributed by atoms with Crippen LogP contribution in [0.15, 0.2) is 42.7 Å². The Hall–Kier alpha value is -3.61. The number of aromatic nitrogens is 4. The third-order valence-electron chi connectivity index (χ3n) is 4.67. The Kier molecular flexibility index (Phi) is 4.35. The highest BCUT2D eigenvalue weighted by Gasteiger charge is 2.29. The van der Waals surface area contributed by atoms with E-state index < -0.39 is 11.6 Å². The van der Waals surface area contributed by atoms with E-state index in [9.17, 15) is 15.0 Å². The number of nitrogens with zero attached hydrogens (tertiary/aromatic N) is 3. The molecule has 0 aliphatic heterocycles. The maximum atomic E-state index is 12.8. The first kappa shape index (κ1) is 17.8. The predicted molar refractivity (Wildman–Crippen MR) is 106 cm³/mol. The van der Waals surface area contributed by atoms with E-state index in [1.165, 1.54) is 4.57 Å². The number of aryl methyl sites for hydroxylation is 1. The van der Waals surface area contributed by atoms with Crippen LogP contribution in [0.1, 0.15) is 35.8 Å². The van der Waals surface area contributed by atoms with Crippen LogP contribution in [0, 0.1) is 6.92 Å². The average molecular weight is 376 g/mol. The van der Waals surface area contributed by atoms with Gasteiger partial charge in [0.15, 0.2) is 11.5 Å². The maximum Gasteiger partial charge on any atom is 0.240 e. The molecule has 0 atom stereocenters. The van der Waals surface area contributed by atoms with Gasteiger partial charge < -0.3 is 15.2 Å². The molecule has 7 nitrogen and oxygen atoms in total. The van der Waals surface area contributed by atoms with Gasteiger partial charge in [0.1, 0.15) is 0 Å². The van der Waals surface area contributed by atoms with Crippen molar-refractivity contribution in [3.05, 3.63) is 54.0 Å². The lowest BCUT2D eigenvalue weighted by molar-refractivity contribution is 0.0979. The van der Waals surface area contributed by atoms with Crippen LogP contribution in [0.5, 0.6) is 11.6 Å². The zero-order chi connectivity index (χ0) is 19.8. The number of rotatable bonds is 5. The molecule has 4 aromatic rings. The summed E-state index contributed by atoms with van der Waals surface area (Å²) < 4.78 is 1.46. The van der Waals surface area contributed by atoms with Gasteiger partial charge in [0.2, 0.25) is 5.88 Å². The van der Waals surface area contributed by atoms with E-state index in [1.54, 1.807) is 30.6 Å². The van der Waals surface area contributed by atoms with Gasteiger partial charge in [-0.15, -0.1) is 0 Å². The summed E-state index contributed by atoms with van der Waals surface area (Å²) in [6, 6.07) is 10.8. The molecule has 1 aromatic carbocycles. The minimum atomic E-state index is -0.429. The van der Waals surface area contributed by atoms with Crippen molar-refractivity contribution in [2.24, 2.45) is 0 Å². The molecule has 28 heavy (non-hydrogen) atoms. The molecule has 0 amide bonds. The molecule has 3 aromatic heterocycles. The monoisotopic (exact) mass is 376 g/mol. The molecule has 3 heterocycles. The molecule has 0 saturated heterocycles. The van der Waals surface area contributed by atoms with Crippen molar-refractivity contribution in [2.75, 3.05) is 0 Å². The fourth-order valence-corrected chi connectivity index (χ4v) is 3.40. The molecule has 142 valence electrons. The van der Waals surface area contributed by atoms with Gasteiger partial charge >= 0.3 is 0 Å². The van der Waals surface area contributed by atoms with Crippen LogP contribution in [0.3, 0.4) is 0 Å². The fraction of sp³-hybridized carbons (Fsp3) is 0.190. The van der Waals surface area contributed by atoms with Gasteiger partial charge in [-0.05, 0) is 43.7 Å². The molecule has 0 spiro atoms. The second-order valence-electron chi connectivity index (χ2n) is 6.67. The zero-order valence-corrected chi connectivity index (χ0v) is 15.6. The largest absolute Gasteiger partial charge is 0.503 e. The van der Waals surface area contributed by atoms with Gasteiger partial charge in [0.25, 0.3) is 0 Å². The lowest BCUT2D eigenvalue weighted by Gasteiger charge is -2.12. The van der Waals surface area contributed by atoms with Gasteiger partial charge in [0, 0.05) is 12.1 Å². The van der Waals surface area contributed by atoms with Gasteiger partial charge in [-0.2, -0.15) is 0 Å². The number of imidazole rings is 1. The second-order valence-corrected chi connectivity index (χ2v) is 6.67. The lowest BCUT2D eigenvalue weighted by Crippen LogP contribution is -2.04. The highest BCUT2D eigenvalue weighted by atomic mass is 16.3. The Morgan fingerprint density at radius 2 is 2.04 bits per heavy atom. The normalized spacial score (nSPS) is 11.2. The number of pyridine rings is 1. The van der Waals surface area contributed by atoms with E-state index in [0.717, 1.165) is 16.7 Å². The predicted octanol–water partition coefficient (Wildman–Crippen LogP) is 4.12. The Bertz CT molecular complexity index is 1190. The second kappa shape index (κ2) is 6.84. The standard InChI is InChI=1S/C21H20N4O3/c1-3-5-17(26)18-19(15-7-4-6-12(2)24-15)25(21(28)20(18)27)13-8-9-14-16(10-13)23-11-22-14/h4,6-11,27-28H,3,5H2,1-2H3,(H,22,23). The highest BCUT2D eigenvalue weighted by Crippen LogP contribution is 2.43. The van der Waals surface area contributed by atoms with E-state index in [1.807, 2.05) is 26.0 Å². The number of aromatic amines is 1. The number of aromatic hydroxyl groups is 2. The number of Topliss-reactive ketones (excluding diaryl/α,β-unsaturated/α-hetero) is 1. The molecule has 0 aliphatic rings. The first-order chi connectivity index (χ1) is 13.5. The Labute approximate surface area is 161 Å². The quantitative estimate of drug-likeness (QED) is 0.455. The summed E-state index contributed by atoms with van der Waals surface area (Å²) in [4.78, 5) is 24.5. The molecular weight excluding hydrogens is 356 g/mol. The summed E-state index contributed by atoms with van der Waals surface area (Å²) in [6.07, 6.45) is 2.47. The van der Waals surface area contributed by atoms with Gasteiger partial charge in [-0.25, -0.2) is 4.98 Å². The Morgan fingerprint density at radius 3 is 2.79 bits per heavy atom. The first-order valence-corrected chi connectivity index (χ1v) is 9.08. The van der Waals surface area contributed by atoms with Crippen molar-refractivity contribution in [3.8, 4) is 28.7 Å². The number of carbonyl (C=O) groups is 1. The highest BCUT2D eigenvalue weighted by molar-refractivity contribution is 6.05. The van der Waals surface area contributed by atoms with Crippen LogP contribution >= 0.6 is 0 Å². The minimum absolute atomic E-state index is 0.0853. The Balaban J connectivity index is 2.04. The van der Waals surface area contributed by atoms with E-state index >= 15 is 0 Å². The van der Waals surface area contributed by atoms with Crippen molar-refractivity contribution >= 4 is 16.8 Å². The van der Waals surface area contributed by atoms with Crippen molar-refractivity contribution in [3.63, 3.8) is 0 Å². The SMILES string of the molecule is CCCC(=O)c1c(O)c(O)n(-c2ccc3nc[nH]c3c2)c1-c1cccc(C)n1. The summed E-state index contributed by atoms with van der Waals surface area (Å²) in [7, 11) is 0. The number of H-pyrrole nitrogens is 1. The molecule has 3 N–H and O–H groups in total. The van der Waals surface area contributed by atoms with Crippen LogP contribution in [-0.4, -0.2) is 35.5 Å². The number of fused-ring (bicyclic) bond motifs is 1. The lowest BCUT2D eigenvalue weighted by atomic mass is 10.0. The summed E-state index contributed by atoms with van der Waals surface area (Å²) in [5.41, 5.74) is 3.85. The molecule has 4 rings (SSSR count). The number of ketones is 1. The summed E-state index contributed by atoms with van der Waals surface area (Å²) in [6.45, 7) is 3.74. The zero-order valence-electron chi connectivity index (χ0n) is 15.6. The van der Waals surface area contributed by atoms with Gasteiger partial charge in [0.05, 0.1) is 40.0 Å². The third kappa shape index (κ3) is 2.81. The Morgan fingerprint density at radius 1 is 1.21 bits per heavy atom. The molecule has 0 aliphatic carbocycles. The molecule has 0 bridgehead atoms. The van der Waals surface area contributed by atoms with E-state index in [2.05, 4.69) is 15.0 Å². The van der Waals surface area contributed by atoms with Crippen molar-refractivity contribution in [1.82, 2.24) is 19.5 Å². The van der Waals surface area contributed by atoms with Crippen molar-refractivity contribution in [1.29, 1.82) is 0 Å². The van der Waals surface area contributed by atoms with Crippen LogP contribution < -0.4 is 0 Å². The maximum absolute atomic E-state index is 12.8. The third-order valence-corrected chi connectivity index (χ3v) is 4.67. The number of nitrogens with one attached hydrogen (secondary N) is 1. The van der Waals surface area contributed by atoms with Gasteiger partial charge in [-0.1, -0.05) is 13.0 Å². The van der Waals surface area contributed by atoms with Crippen LogP contribution in [0.2, 0.25) is 0 Å². The van der Waals surface area contributed by atoms with E-state index in [4.69, 9.17) is 0 Å². The van der Waals surface area contributed by atoms with Gasteiger partial charge in [-0.3, -0.25) is 14.3 Å². The van der Waals surface area contributed by atoms with Crippen LogP contribution in [0.25, 0.3) is 28.1 Å². The van der Waals surface area contributed by atoms with Crippen molar-refractivity contribution in [2.45, 2.75) is 26.7 Å². The average Bonchev–Trinajstić information content (AvgIpc) is 3.24. The van der Waals surface area contributed by atoms with E-state index in [-0.39, 0.29) is 17.8 Å². The molecule has 0 fully saturated rings. The van der Waals surface area contributed by atoms with Crippen LogP contribution in [0.4, 0.5) is 0 Å². The van der Waals surface area contributed by atoms with Crippen molar-refractivity contribution < 1.29 is 15.0 Å². The fourth-order valence-electron chi connectivity index (χ4n) is 3.40. The smallest absolute Gasteiger partial charge is 0.240 e. The number of hydrogen-bond acceptors (Lipinski definition) is 5. The van der Waals surface area contributed by atoms with Crippen LogP contribution in [-0.2, 0) is 0 Å². The molecule has 0 unspecified atom stereocenters. The number of hydrogen-bond donors (Lipinski definition) is 3.